The lowest BCUT2D eigenvalue weighted by Gasteiger charge is -2.09. The smallest absolute Gasteiger partial charge is 0.157 e. The van der Waals surface area contributed by atoms with Crippen molar-refractivity contribution in [3.8, 4) is 5.75 Å². The second-order valence-corrected chi connectivity index (χ2v) is 5.01. The molecule has 0 aliphatic heterocycles. The van der Waals surface area contributed by atoms with Crippen LogP contribution < -0.4 is 10.1 Å². The number of hydrogen-bond acceptors (Lipinski definition) is 4. The van der Waals surface area contributed by atoms with E-state index in [2.05, 4.69) is 43.3 Å². The molecule has 1 aromatic heterocycles. The van der Waals surface area contributed by atoms with Crippen molar-refractivity contribution in [3.63, 3.8) is 0 Å². The van der Waals surface area contributed by atoms with E-state index in [0.29, 0.717) is 12.6 Å². The van der Waals surface area contributed by atoms with Gasteiger partial charge in [0.15, 0.2) is 5.75 Å². The highest BCUT2D eigenvalue weighted by Gasteiger charge is 2.01. The third-order valence-corrected chi connectivity index (χ3v) is 2.61. The molecule has 1 rings (SSSR count). The number of rotatable bonds is 9. The van der Waals surface area contributed by atoms with Crippen LogP contribution in [0, 0.1) is 0 Å². The Morgan fingerprint density at radius 1 is 1.39 bits per heavy atom. The Bertz CT molecular complexity index is 323. The van der Waals surface area contributed by atoms with E-state index in [1.807, 2.05) is 10.9 Å². The molecule has 0 spiro atoms. The molecule has 1 aromatic rings. The van der Waals surface area contributed by atoms with Crippen LogP contribution in [0.5, 0.6) is 5.75 Å². The molecule has 5 nitrogen and oxygen atoms in total. The van der Waals surface area contributed by atoms with Crippen molar-refractivity contribution < 1.29 is 4.74 Å². The average molecular weight is 254 g/mol. The van der Waals surface area contributed by atoms with E-state index in [9.17, 15) is 0 Å². The molecule has 0 saturated heterocycles. The Balaban J connectivity index is 2.03. The van der Waals surface area contributed by atoms with E-state index < -0.39 is 0 Å². The topological polar surface area (TPSA) is 42.3 Å². The lowest BCUT2D eigenvalue weighted by Crippen LogP contribution is -2.25. The highest BCUT2D eigenvalue weighted by Crippen LogP contribution is 2.11. The van der Waals surface area contributed by atoms with Crippen LogP contribution in [0.1, 0.15) is 26.3 Å². The maximum atomic E-state index is 5.61. The van der Waals surface area contributed by atoms with E-state index in [1.165, 1.54) is 0 Å². The standard InChI is InChI=1S/C13H26N4O/c1-12(2)17-11-13(10-15-17)18-9-7-14-6-5-8-16(3)4/h10-12,14H,5-9H2,1-4H3. The van der Waals surface area contributed by atoms with E-state index in [4.69, 9.17) is 4.74 Å². The molecule has 18 heavy (non-hydrogen) atoms. The minimum absolute atomic E-state index is 0.381. The van der Waals surface area contributed by atoms with E-state index >= 15 is 0 Å². The first kappa shape index (κ1) is 15.0. The second-order valence-electron chi connectivity index (χ2n) is 5.01. The summed E-state index contributed by atoms with van der Waals surface area (Å²) in [6.45, 7) is 7.92. The summed E-state index contributed by atoms with van der Waals surface area (Å²) in [6, 6.07) is 0.381. The van der Waals surface area contributed by atoms with Crippen LogP contribution >= 0.6 is 0 Å². The molecular formula is C13H26N4O. The molecule has 1 heterocycles. The Hall–Kier alpha value is -1.07. The van der Waals surface area contributed by atoms with Gasteiger partial charge in [-0.15, -0.1) is 0 Å². The molecule has 0 fully saturated rings. The summed E-state index contributed by atoms with van der Waals surface area (Å²) < 4.78 is 7.51. The number of nitrogens with one attached hydrogen (secondary N) is 1. The zero-order chi connectivity index (χ0) is 13.4. The fraction of sp³-hybridized carbons (Fsp3) is 0.769. The molecule has 1 N–H and O–H groups in total. The number of nitrogens with zero attached hydrogens (tertiary/aromatic N) is 3. The third kappa shape index (κ3) is 6.02. The zero-order valence-electron chi connectivity index (χ0n) is 12.0. The fourth-order valence-electron chi connectivity index (χ4n) is 1.56. The summed E-state index contributed by atoms with van der Waals surface area (Å²) in [5, 5.41) is 7.59. The summed E-state index contributed by atoms with van der Waals surface area (Å²) >= 11 is 0. The van der Waals surface area contributed by atoms with Gasteiger partial charge in [-0.05, 0) is 47.5 Å². The van der Waals surface area contributed by atoms with Gasteiger partial charge in [0, 0.05) is 12.6 Å². The van der Waals surface area contributed by atoms with Crippen LogP contribution in [-0.2, 0) is 0 Å². The molecule has 0 atom stereocenters. The molecule has 0 saturated carbocycles. The van der Waals surface area contributed by atoms with Crippen molar-refractivity contribution in [2.45, 2.75) is 26.3 Å². The Kier molecular flexibility index (Phi) is 6.75. The van der Waals surface area contributed by atoms with E-state index in [-0.39, 0.29) is 0 Å². The number of hydrogen-bond donors (Lipinski definition) is 1. The third-order valence-electron chi connectivity index (χ3n) is 2.61. The molecule has 0 unspecified atom stereocenters. The van der Waals surface area contributed by atoms with Crippen LogP contribution in [0.3, 0.4) is 0 Å². The van der Waals surface area contributed by atoms with Gasteiger partial charge in [-0.2, -0.15) is 5.10 Å². The summed E-state index contributed by atoms with van der Waals surface area (Å²) in [6.07, 6.45) is 4.88. The van der Waals surface area contributed by atoms with Crippen LogP contribution in [0.4, 0.5) is 0 Å². The maximum Gasteiger partial charge on any atom is 0.157 e. The molecule has 0 aliphatic carbocycles. The highest BCUT2D eigenvalue weighted by molar-refractivity contribution is 5.11. The second kappa shape index (κ2) is 8.11. The Labute approximate surface area is 110 Å². The highest BCUT2D eigenvalue weighted by atomic mass is 16.5. The van der Waals surface area contributed by atoms with Crippen molar-refractivity contribution in [3.05, 3.63) is 12.4 Å². The molecule has 0 bridgehead atoms. The monoisotopic (exact) mass is 254 g/mol. The van der Waals surface area contributed by atoms with Crippen molar-refractivity contribution in [2.24, 2.45) is 0 Å². The van der Waals surface area contributed by atoms with Crippen LogP contribution in [0.15, 0.2) is 12.4 Å². The first-order valence-electron chi connectivity index (χ1n) is 6.62. The van der Waals surface area contributed by atoms with Gasteiger partial charge in [0.1, 0.15) is 6.61 Å². The van der Waals surface area contributed by atoms with E-state index in [1.54, 1.807) is 6.20 Å². The molecule has 0 aliphatic rings. The molecule has 104 valence electrons. The molecule has 5 heteroatoms. The fourth-order valence-corrected chi connectivity index (χ4v) is 1.56. The molecule has 0 amide bonds. The minimum Gasteiger partial charge on any atom is -0.489 e. The molecule has 0 radical (unpaired) electrons. The summed E-state index contributed by atoms with van der Waals surface area (Å²) in [4.78, 5) is 2.19. The maximum absolute atomic E-state index is 5.61. The van der Waals surface area contributed by atoms with Gasteiger partial charge in [-0.25, -0.2) is 0 Å². The van der Waals surface area contributed by atoms with Gasteiger partial charge in [0.2, 0.25) is 0 Å². The van der Waals surface area contributed by atoms with Gasteiger partial charge < -0.3 is 15.0 Å². The molecule has 0 aromatic carbocycles. The predicted octanol–water partition coefficient (Wildman–Crippen LogP) is 1.38. The number of aromatic nitrogens is 2. The first-order valence-corrected chi connectivity index (χ1v) is 6.62. The van der Waals surface area contributed by atoms with Crippen LogP contribution in [-0.4, -0.2) is 55.0 Å². The van der Waals surface area contributed by atoms with Gasteiger partial charge >= 0.3 is 0 Å². The van der Waals surface area contributed by atoms with Crippen molar-refractivity contribution >= 4 is 0 Å². The largest absolute Gasteiger partial charge is 0.489 e. The lowest BCUT2D eigenvalue weighted by molar-refractivity contribution is 0.310. The minimum atomic E-state index is 0.381. The number of ether oxygens (including phenoxy) is 1. The van der Waals surface area contributed by atoms with Gasteiger partial charge in [0.25, 0.3) is 0 Å². The first-order chi connectivity index (χ1) is 8.59. The summed E-state index contributed by atoms with van der Waals surface area (Å²) in [5.74, 6) is 0.846. The Morgan fingerprint density at radius 3 is 2.78 bits per heavy atom. The van der Waals surface area contributed by atoms with Crippen molar-refractivity contribution in [1.82, 2.24) is 20.0 Å². The van der Waals surface area contributed by atoms with E-state index in [0.717, 1.165) is 31.8 Å². The lowest BCUT2D eigenvalue weighted by atomic mass is 10.4. The van der Waals surface area contributed by atoms with Gasteiger partial charge in [-0.3, -0.25) is 4.68 Å². The van der Waals surface area contributed by atoms with Gasteiger partial charge in [-0.1, -0.05) is 0 Å². The zero-order valence-corrected chi connectivity index (χ0v) is 12.0. The predicted molar refractivity (Wildman–Crippen MR) is 74.1 cm³/mol. The average Bonchev–Trinajstić information content (AvgIpc) is 2.76. The summed E-state index contributed by atoms with van der Waals surface area (Å²) in [7, 11) is 4.19. The van der Waals surface area contributed by atoms with Gasteiger partial charge in [0.05, 0.1) is 12.4 Å². The van der Waals surface area contributed by atoms with Crippen LogP contribution in [0.25, 0.3) is 0 Å². The summed E-state index contributed by atoms with van der Waals surface area (Å²) in [5.41, 5.74) is 0. The molecular weight excluding hydrogens is 228 g/mol. The SMILES string of the molecule is CC(C)n1cc(OCCNCCCN(C)C)cn1. The normalized spacial score (nSPS) is 11.4. The van der Waals surface area contributed by atoms with Crippen LogP contribution in [0.2, 0.25) is 0 Å². The van der Waals surface area contributed by atoms with Crippen molar-refractivity contribution in [1.29, 1.82) is 0 Å². The quantitative estimate of drug-likeness (QED) is 0.676. The van der Waals surface area contributed by atoms with Crippen molar-refractivity contribution in [2.75, 3.05) is 40.3 Å². The Morgan fingerprint density at radius 2 is 2.17 bits per heavy atom.